The zero-order valence-electron chi connectivity index (χ0n) is 9.33. The Morgan fingerprint density at radius 2 is 2.19 bits per heavy atom. The summed E-state index contributed by atoms with van der Waals surface area (Å²) >= 11 is 1.47. The van der Waals surface area contributed by atoms with E-state index in [0.717, 1.165) is 10.6 Å². The number of hydrogen-bond donors (Lipinski definition) is 1. The molecule has 0 aliphatic rings. The predicted molar refractivity (Wildman–Crippen MR) is 63.0 cm³/mol. The molecule has 0 aromatic carbocycles. The van der Waals surface area contributed by atoms with E-state index in [1.807, 2.05) is 13.8 Å². The van der Waals surface area contributed by atoms with Crippen molar-refractivity contribution >= 4 is 22.4 Å². The number of carbonyl (C=O) groups is 1. The van der Waals surface area contributed by atoms with Gasteiger partial charge in [-0.1, -0.05) is 0 Å². The lowest BCUT2D eigenvalue weighted by atomic mass is 10.2. The molecule has 5 heteroatoms. The zero-order chi connectivity index (χ0) is 11.7. The molecule has 0 bridgehead atoms. The lowest BCUT2D eigenvalue weighted by Gasteiger charge is -1.98. The molecule has 16 heavy (non-hydrogen) atoms. The molecule has 1 amide bonds. The van der Waals surface area contributed by atoms with E-state index >= 15 is 0 Å². The van der Waals surface area contributed by atoms with E-state index in [4.69, 9.17) is 4.42 Å². The Kier molecular flexibility index (Phi) is 2.78. The molecule has 0 unspecified atom stereocenters. The van der Waals surface area contributed by atoms with E-state index in [1.165, 1.54) is 17.6 Å². The highest BCUT2D eigenvalue weighted by atomic mass is 32.1. The van der Waals surface area contributed by atoms with Crippen LogP contribution < -0.4 is 5.32 Å². The van der Waals surface area contributed by atoms with Gasteiger partial charge in [0, 0.05) is 4.88 Å². The van der Waals surface area contributed by atoms with Crippen LogP contribution in [-0.4, -0.2) is 10.9 Å². The fraction of sp³-hybridized carbons (Fsp3) is 0.273. The van der Waals surface area contributed by atoms with Crippen LogP contribution in [0.4, 0.5) is 5.13 Å². The summed E-state index contributed by atoms with van der Waals surface area (Å²) in [7, 11) is 0. The molecule has 84 valence electrons. The number of hydrogen-bond acceptors (Lipinski definition) is 4. The van der Waals surface area contributed by atoms with Crippen molar-refractivity contribution in [1.29, 1.82) is 0 Å². The maximum absolute atomic E-state index is 11.8. The summed E-state index contributed by atoms with van der Waals surface area (Å²) < 4.78 is 5.07. The summed E-state index contributed by atoms with van der Waals surface area (Å²) in [5, 5.41) is 3.38. The first-order chi connectivity index (χ1) is 7.58. The molecule has 0 aliphatic carbocycles. The van der Waals surface area contributed by atoms with Crippen LogP contribution in [0.2, 0.25) is 0 Å². The number of furan rings is 1. The van der Waals surface area contributed by atoms with Crippen LogP contribution in [0.5, 0.6) is 0 Å². The summed E-state index contributed by atoms with van der Waals surface area (Å²) in [6.07, 6.45) is 1.50. The number of rotatable bonds is 2. The normalized spacial score (nSPS) is 10.4. The van der Waals surface area contributed by atoms with E-state index in [2.05, 4.69) is 10.3 Å². The first-order valence-corrected chi connectivity index (χ1v) is 5.69. The molecular weight excluding hydrogens is 224 g/mol. The quantitative estimate of drug-likeness (QED) is 0.872. The van der Waals surface area contributed by atoms with Crippen LogP contribution in [0.15, 0.2) is 16.7 Å². The minimum absolute atomic E-state index is 0.181. The van der Waals surface area contributed by atoms with Gasteiger partial charge in [0.25, 0.3) is 5.91 Å². The molecule has 1 N–H and O–H groups in total. The minimum Gasteiger partial charge on any atom is -0.469 e. The van der Waals surface area contributed by atoms with Gasteiger partial charge in [-0.2, -0.15) is 0 Å². The lowest BCUT2D eigenvalue weighted by molar-refractivity contribution is 0.102. The number of thiazole rings is 1. The fourth-order valence-electron chi connectivity index (χ4n) is 1.31. The highest BCUT2D eigenvalue weighted by molar-refractivity contribution is 7.15. The number of nitrogens with zero attached hydrogens (tertiary/aromatic N) is 1. The zero-order valence-corrected chi connectivity index (χ0v) is 10.1. The fourth-order valence-corrected chi connectivity index (χ4v) is 2.12. The number of aryl methyl sites for hydroxylation is 3. The predicted octanol–water partition coefficient (Wildman–Crippen LogP) is 2.91. The largest absolute Gasteiger partial charge is 0.469 e. The van der Waals surface area contributed by atoms with E-state index in [0.29, 0.717) is 16.5 Å². The molecule has 2 aromatic rings. The first kappa shape index (κ1) is 10.9. The highest BCUT2D eigenvalue weighted by Gasteiger charge is 2.13. The summed E-state index contributed by atoms with van der Waals surface area (Å²) in [5.41, 5.74) is 1.50. The number of anilines is 1. The standard InChI is InChI=1S/C11H12N2O2S/c1-6-8(3)16-11(12-6)13-10(14)9-4-5-15-7(9)2/h4-5H,1-3H3,(H,12,13,14). The number of amides is 1. The molecule has 4 nitrogen and oxygen atoms in total. The van der Waals surface area contributed by atoms with Gasteiger partial charge >= 0.3 is 0 Å². The molecule has 0 saturated heterocycles. The summed E-state index contributed by atoms with van der Waals surface area (Å²) in [5.74, 6) is 0.433. The Bertz CT molecular complexity index is 508. The maximum atomic E-state index is 11.8. The second-order valence-electron chi connectivity index (χ2n) is 3.51. The molecule has 0 aliphatic heterocycles. The van der Waals surface area contributed by atoms with Crippen molar-refractivity contribution in [3.63, 3.8) is 0 Å². The van der Waals surface area contributed by atoms with Crippen molar-refractivity contribution in [1.82, 2.24) is 4.98 Å². The Balaban J connectivity index is 2.17. The van der Waals surface area contributed by atoms with Crippen molar-refractivity contribution in [2.45, 2.75) is 20.8 Å². The third-order valence-corrected chi connectivity index (χ3v) is 3.34. The van der Waals surface area contributed by atoms with Gasteiger partial charge < -0.3 is 4.42 Å². The lowest BCUT2D eigenvalue weighted by Crippen LogP contribution is -2.11. The minimum atomic E-state index is -0.181. The maximum Gasteiger partial charge on any atom is 0.260 e. The number of aromatic nitrogens is 1. The molecule has 0 spiro atoms. The molecule has 2 heterocycles. The Morgan fingerprint density at radius 1 is 1.44 bits per heavy atom. The van der Waals surface area contributed by atoms with Crippen molar-refractivity contribution in [3.8, 4) is 0 Å². The second-order valence-corrected chi connectivity index (χ2v) is 4.71. The van der Waals surface area contributed by atoms with Gasteiger partial charge in [0.15, 0.2) is 5.13 Å². The van der Waals surface area contributed by atoms with Crippen LogP contribution in [0.1, 0.15) is 26.7 Å². The monoisotopic (exact) mass is 236 g/mol. The van der Waals surface area contributed by atoms with Gasteiger partial charge in [0.05, 0.1) is 17.5 Å². The molecular formula is C11H12N2O2S. The molecule has 0 fully saturated rings. The topological polar surface area (TPSA) is 55.1 Å². The van der Waals surface area contributed by atoms with E-state index in [9.17, 15) is 4.79 Å². The van der Waals surface area contributed by atoms with Gasteiger partial charge in [0.1, 0.15) is 5.76 Å². The summed E-state index contributed by atoms with van der Waals surface area (Å²) in [6.45, 7) is 5.66. The molecule has 2 rings (SSSR count). The van der Waals surface area contributed by atoms with Crippen LogP contribution in [0.25, 0.3) is 0 Å². The van der Waals surface area contributed by atoms with Gasteiger partial charge in [-0.05, 0) is 26.8 Å². The van der Waals surface area contributed by atoms with Crippen LogP contribution >= 0.6 is 11.3 Å². The van der Waals surface area contributed by atoms with Gasteiger partial charge in [0.2, 0.25) is 0 Å². The average molecular weight is 236 g/mol. The Labute approximate surface area is 97.3 Å². The van der Waals surface area contributed by atoms with Crippen LogP contribution in [0, 0.1) is 20.8 Å². The molecule has 0 atom stereocenters. The smallest absolute Gasteiger partial charge is 0.260 e. The van der Waals surface area contributed by atoms with Gasteiger partial charge in [-0.3, -0.25) is 10.1 Å². The number of carbonyl (C=O) groups excluding carboxylic acids is 1. The van der Waals surface area contributed by atoms with Crippen LogP contribution in [0.3, 0.4) is 0 Å². The van der Waals surface area contributed by atoms with Crippen molar-refractivity contribution < 1.29 is 9.21 Å². The SMILES string of the molecule is Cc1nc(NC(=O)c2ccoc2C)sc1C. The molecule has 2 aromatic heterocycles. The Hall–Kier alpha value is -1.62. The Morgan fingerprint density at radius 3 is 2.69 bits per heavy atom. The third-order valence-electron chi connectivity index (χ3n) is 2.35. The first-order valence-electron chi connectivity index (χ1n) is 4.87. The van der Waals surface area contributed by atoms with Crippen molar-refractivity contribution in [2.75, 3.05) is 5.32 Å². The van der Waals surface area contributed by atoms with E-state index in [1.54, 1.807) is 13.0 Å². The van der Waals surface area contributed by atoms with Gasteiger partial charge in [-0.15, -0.1) is 11.3 Å². The molecule has 0 saturated carbocycles. The second kappa shape index (κ2) is 4.09. The summed E-state index contributed by atoms with van der Waals surface area (Å²) in [6, 6.07) is 1.65. The van der Waals surface area contributed by atoms with Crippen LogP contribution in [-0.2, 0) is 0 Å². The van der Waals surface area contributed by atoms with Crippen molar-refractivity contribution in [2.24, 2.45) is 0 Å². The van der Waals surface area contributed by atoms with Crippen molar-refractivity contribution in [3.05, 3.63) is 34.2 Å². The third kappa shape index (κ3) is 1.99. The van der Waals surface area contributed by atoms with E-state index < -0.39 is 0 Å². The average Bonchev–Trinajstić information content (AvgIpc) is 2.74. The van der Waals surface area contributed by atoms with E-state index in [-0.39, 0.29) is 5.91 Å². The molecule has 0 radical (unpaired) electrons. The number of nitrogens with one attached hydrogen (secondary N) is 1. The highest BCUT2D eigenvalue weighted by Crippen LogP contribution is 2.22. The van der Waals surface area contributed by atoms with Gasteiger partial charge in [-0.25, -0.2) is 4.98 Å². The summed E-state index contributed by atoms with van der Waals surface area (Å²) in [4.78, 5) is 17.2.